The molecule has 21 heavy (non-hydrogen) atoms. The summed E-state index contributed by atoms with van der Waals surface area (Å²) in [6.07, 6.45) is 3.26. The zero-order valence-corrected chi connectivity index (χ0v) is 12.8. The zero-order chi connectivity index (χ0) is 14.7. The molecule has 1 aliphatic rings. The van der Waals surface area contributed by atoms with E-state index in [0.29, 0.717) is 6.04 Å². The molecule has 4 nitrogen and oxygen atoms in total. The number of ether oxygens (including phenoxy) is 2. The van der Waals surface area contributed by atoms with E-state index < -0.39 is 5.79 Å². The van der Waals surface area contributed by atoms with Crippen LogP contribution in [-0.2, 0) is 16.0 Å². The molecule has 1 aromatic carbocycles. The molecule has 3 rings (SSSR count). The third kappa shape index (κ3) is 3.64. The fourth-order valence-electron chi connectivity index (χ4n) is 2.70. The molecule has 2 heterocycles. The number of nitrogens with zero attached hydrogens (tertiary/aromatic N) is 1. The van der Waals surface area contributed by atoms with E-state index in [1.807, 2.05) is 13.8 Å². The molecule has 0 atom stereocenters. The lowest BCUT2D eigenvalue weighted by molar-refractivity contribution is -0.252. The Morgan fingerprint density at radius 3 is 2.76 bits per heavy atom. The van der Waals surface area contributed by atoms with Gasteiger partial charge in [0.05, 0.1) is 19.3 Å². The minimum atomic E-state index is -0.428. The summed E-state index contributed by atoms with van der Waals surface area (Å²) in [7, 11) is 0. The van der Waals surface area contributed by atoms with Crippen LogP contribution >= 0.6 is 0 Å². The first kappa shape index (κ1) is 14.6. The molecule has 1 N–H and O–H groups in total. The van der Waals surface area contributed by atoms with Crippen molar-refractivity contribution in [2.24, 2.45) is 0 Å². The number of hydrogen-bond donors (Lipinski definition) is 1. The first-order valence-corrected chi connectivity index (χ1v) is 7.69. The molecule has 1 fully saturated rings. The Balaban J connectivity index is 1.43. The topological polar surface area (TPSA) is 35.4 Å². The van der Waals surface area contributed by atoms with Crippen molar-refractivity contribution in [3.05, 3.63) is 36.5 Å². The van der Waals surface area contributed by atoms with Crippen LogP contribution in [0.2, 0.25) is 0 Å². The van der Waals surface area contributed by atoms with Crippen molar-refractivity contribution in [3.8, 4) is 0 Å². The lowest BCUT2D eigenvalue weighted by atomic mass is 10.2. The zero-order valence-electron chi connectivity index (χ0n) is 12.8. The van der Waals surface area contributed by atoms with Gasteiger partial charge in [0.1, 0.15) is 0 Å². The molecular weight excluding hydrogens is 264 g/mol. The number of para-hydroxylation sites is 1. The van der Waals surface area contributed by atoms with Crippen LogP contribution in [0, 0.1) is 0 Å². The van der Waals surface area contributed by atoms with Crippen molar-refractivity contribution in [3.63, 3.8) is 0 Å². The lowest BCUT2D eigenvalue weighted by Crippen LogP contribution is -2.48. The summed E-state index contributed by atoms with van der Waals surface area (Å²) in [6.45, 7) is 7.37. The number of aryl methyl sites for hydroxylation is 1. The van der Waals surface area contributed by atoms with E-state index >= 15 is 0 Å². The highest BCUT2D eigenvalue weighted by atomic mass is 16.7. The monoisotopic (exact) mass is 288 g/mol. The third-order valence-corrected chi connectivity index (χ3v) is 3.95. The normalized spacial score (nSPS) is 19.1. The molecule has 0 amide bonds. The first-order chi connectivity index (χ1) is 10.1. The van der Waals surface area contributed by atoms with Gasteiger partial charge in [-0.2, -0.15) is 0 Å². The Hall–Kier alpha value is -1.36. The summed E-state index contributed by atoms with van der Waals surface area (Å²) in [6, 6.07) is 11.0. The molecule has 0 saturated carbocycles. The Labute approximate surface area is 126 Å². The number of benzene rings is 1. The molecule has 2 aromatic rings. The second-order valence-electron chi connectivity index (χ2n) is 6.09. The third-order valence-electron chi connectivity index (χ3n) is 3.95. The molecule has 1 aromatic heterocycles. The summed E-state index contributed by atoms with van der Waals surface area (Å²) in [5.74, 6) is -0.428. The van der Waals surface area contributed by atoms with Crippen LogP contribution < -0.4 is 5.32 Å². The maximum Gasteiger partial charge on any atom is 0.162 e. The summed E-state index contributed by atoms with van der Waals surface area (Å²) >= 11 is 0. The van der Waals surface area contributed by atoms with Crippen LogP contribution in [0.25, 0.3) is 10.9 Å². The van der Waals surface area contributed by atoms with Crippen LogP contribution in [0.1, 0.15) is 20.3 Å². The van der Waals surface area contributed by atoms with Gasteiger partial charge in [-0.25, -0.2) is 0 Å². The quantitative estimate of drug-likeness (QED) is 0.859. The molecule has 0 bridgehead atoms. The van der Waals surface area contributed by atoms with Crippen LogP contribution in [0.3, 0.4) is 0 Å². The highest BCUT2D eigenvalue weighted by Crippen LogP contribution is 2.17. The molecule has 4 heteroatoms. The van der Waals surface area contributed by atoms with Crippen molar-refractivity contribution in [2.45, 2.75) is 38.6 Å². The van der Waals surface area contributed by atoms with E-state index in [1.54, 1.807) is 0 Å². The molecule has 0 unspecified atom stereocenters. The van der Waals surface area contributed by atoms with Gasteiger partial charge in [-0.3, -0.25) is 0 Å². The van der Waals surface area contributed by atoms with E-state index in [0.717, 1.165) is 32.7 Å². The second kappa shape index (κ2) is 6.18. The van der Waals surface area contributed by atoms with Crippen molar-refractivity contribution in [1.29, 1.82) is 0 Å². The molecule has 0 aliphatic carbocycles. The second-order valence-corrected chi connectivity index (χ2v) is 6.09. The van der Waals surface area contributed by atoms with Crippen LogP contribution in [0.5, 0.6) is 0 Å². The van der Waals surface area contributed by atoms with Gasteiger partial charge in [0, 0.05) is 18.3 Å². The molecule has 0 spiro atoms. The number of rotatable bonds is 5. The SMILES string of the molecule is CC1(C)OCC(NCCCn2ccc3ccccc32)CO1. The van der Waals surface area contributed by atoms with Gasteiger partial charge >= 0.3 is 0 Å². The molecular formula is C17H24N2O2. The number of hydrogen-bond acceptors (Lipinski definition) is 3. The van der Waals surface area contributed by atoms with E-state index in [9.17, 15) is 0 Å². The summed E-state index contributed by atoms with van der Waals surface area (Å²) in [5.41, 5.74) is 1.31. The molecule has 0 radical (unpaired) electrons. The molecule has 1 aliphatic heterocycles. The summed E-state index contributed by atoms with van der Waals surface area (Å²) in [5, 5.41) is 4.81. The van der Waals surface area contributed by atoms with Crippen molar-refractivity contribution >= 4 is 10.9 Å². The highest BCUT2D eigenvalue weighted by Gasteiger charge is 2.27. The Morgan fingerprint density at radius 1 is 1.19 bits per heavy atom. The van der Waals surface area contributed by atoms with Gasteiger partial charge in [0.15, 0.2) is 5.79 Å². The van der Waals surface area contributed by atoms with Crippen LogP contribution in [0.4, 0.5) is 0 Å². The Bertz CT molecular complexity index is 581. The predicted octanol–water partition coefficient (Wildman–Crippen LogP) is 2.77. The highest BCUT2D eigenvalue weighted by molar-refractivity contribution is 5.79. The summed E-state index contributed by atoms with van der Waals surface area (Å²) < 4.78 is 13.6. The van der Waals surface area contributed by atoms with Gasteiger partial charge < -0.3 is 19.4 Å². The number of nitrogens with one attached hydrogen (secondary N) is 1. The van der Waals surface area contributed by atoms with E-state index in [1.165, 1.54) is 10.9 Å². The van der Waals surface area contributed by atoms with E-state index in [-0.39, 0.29) is 0 Å². The van der Waals surface area contributed by atoms with Crippen LogP contribution in [-0.4, -0.2) is 36.2 Å². The number of fused-ring (bicyclic) bond motifs is 1. The average molecular weight is 288 g/mol. The molecule has 1 saturated heterocycles. The average Bonchev–Trinajstić information content (AvgIpc) is 2.88. The van der Waals surface area contributed by atoms with Crippen molar-refractivity contribution in [1.82, 2.24) is 9.88 Å². The van der Waals surface area contributed by atoms with E-state index in [2.05, 4.69) is 46.4 Å². The largest absolute Gasteiger partial charge is 0.349 e. The lowest BCUT2D eigenvalue weighted by Gasteiger charge is -2.35. The van der Waals surface area contributed by atoms with Gasteiger partial charge in [-0.05, 0) is 44.3 Å². The standard InChI is InChI=1S/C17H24N2O2/c1-17(2)20-12-15(13-21-17)18-9-5-10-19-11-8-14-6-3-4-7-16(14)19/h3-4,6-8,11,15,18H,5,9-10,12-13H2,1-2H3. The fraction of sp³-hybridized carbons (Fsp3) is 0.529. The Kier molecular flexibility index (Phi) is 4.29. The predicted molar refractivity (Wildman–Crippen MR) is 84.3 cm³/mol. The smallest absolute Gasteiger partial charge is 0.162 e. The Morgan fingerprint density at radius 2 is 1.95 bits per heavy atom. The van der Waals surface area contributed by atoms with Gasteiger partial charge in [-0.1, -0.05) is 18.2 Å². The van der Waals surface area contributed by atoms with Gasteiger partial charge in [0.25, 0.3) is 0 Å². The van der Waals surface area contributed by atoms with Gasteiger partial charge in [-0.15, -0.1) is 0 Å². The first-order valence-electron chi connectivity index (χ1n) is 7.69. The maximum absolute atomic E-state index is 5.65. The van der Waals surface area contributed by atoms with Gasteiger partial charge in [0.2, 0.25) is 0 Å². The molecule has 114 valence electrons. The van der Waals surface area contributed by atoms with E-state index in [4.69, 9.17) is 9.47 Å². The summed E-state index contributed by atoms with van der Waals surface area (Å²) in [4.78, 5) is 0. The maximum atomic E-state index is 5.65. The number of aromatic nitrogens is 1. The van der Waals surface area contributed by atoms with Crippen LogP contribution in [0.15, 0.2) is 36.5 Å². The minimum Gasteiger partial charge on any atom is -0.349 e. The van der Waals surface area contributed by atoms with Crippen molar-refractivity contribution in [2.75, 3.05) is 19.8 Å². The van der Waals surface area contributed by atoms with Crippen molar-refractivity contribution < 1.29 is 9.47 Å². The fourth-order valence-corrected chi connectivity index (χ4v) is 2.70. The minimum absolute atomic E-state index is 0.305.